The first-order valence-electron chi connectivity index (χ1n) is 9.21. The highest BCUT2D eigenvalue weighted by molar-refractivity contribution is 9.10. The van der Waals surface area contributed by atoms with Crippen molar-refractivity contribution in [1.29, 1.82) is 0 Å². The molecule has 2 aromatic rings. The van der Waals surface area contributed by atoms with Gasteiger partial charge in [0.2, 0.25) is 0 Å². The number of hydrogen-bond acceptors (Lipinski definition) is 4. The van der Waals surface area contributed by atoms with Crippen LogP contribution in [0.15, 0.2) is 51.8 Å². The fraction of sp³-hybridized carbons (Fsp3) is 0.273. The summed E-state index contributed by atoms with van der Waals surface area (Å²) in [5.74, 6) is 0.521. The van der Waals surface area contributed by atoms with Gasteiger partial charge in [-0.1, -0.05) is 49.2 Å². The van der Waals surface area contributed by atoms with Gasteiger partial charge in [-0.3, -0.25) is 14.5 Å². The molecule has 0 N–H and O–H groups in total. The second-order valence-corrected chi connectivity index (χ2v) is 8.50. The number of unbranched alkanes of at least 4 members (excludes halogenated alkanes) is 1. The SMILES string of the molecule is CCCCN1C(=O)S/C(=C\c2ccc(OCc3ccc(C)cc3)c(Br)c2)C1=O. The van der Waals surface area contributed by atoms with E-state index in [1.165, 1.54) is 10.5 Å². The molecule has 1 aliphatic rings. The van der Waals surface area contributed by atoms with Crippen LogP contribution in [-0.2, 0) is 11.4 Å². The lowest BCUT2D eigenvalue weighted by molar-refractivity contribution is -0.122. The summed E-state index contributed by atoms with van der Waals surface area (Å²) in [6.45, 7) is 5.05. The van der Waals surface area contributed by atoms with Gasteiger partial charge in [-0.2, -0.15) is 0 Å². The summed E-state index contributed by atoms with van der Waals surface area (Å²) in [6.07, 6.45) is 3.52. The molecule has 3 rings (SSSR count). The van der Waals surface area contributed by atoms with Gasteiger partial charge in [0, 0.05) is 6.54 Å². The molecular weight excluding hydrogens is 438 g/mol. The fourth-order valence-corrected chi connectivity index (χ4v) is 4.11. The Morgan fingerprint density at radius 3 is 2.57 bits per heavy atom. The topological polar surface area (TPSA) is 46.6 Å². The molecule has 0 spiro atoms. The van der Waals surface area contributed by atoms with E-state index in [0.717, 1.165) is 46.0 Å². The van der Waals surface area contributed by atoms with E-state index in [9.17, 15) is 9.59 Å². The standard InChI is InChI=1S/C22H22BrNO3S/c1-3-4-11-24-21(25)20(28-22(24)26)13-17-9-10-19(18(23)12-17)27-14-16-7-5-15(2)6-8-16/h5-10,12-13H,3-4,11,14H2,1-2H3/b20-13-. The minimum atomic E-state index is -0.209. The van der Waals surface area contributed by atoms with Gasteiger partial charge >= 0.3 is 0 Å². The van der Waals surface area contributed by atoms with Crippen LogP contribution < -0.4 is 4.74 Å². The number of amides is 2. The van der Waals surface area contributed by atoms with E-state index < -0.39 is 0 Å². The van der Waals surface area contributed by atoms with Gasteiger partial charge in [-0.15, -0.1) is 0 Å². The molecule has 0 aliphatic carbocycles. The van der Waals surface area contributed by atoms with E-state index >= 15 is 0 Å². The Bertz CT molecular complexity index is 908. The number of ether oxygens (including phenoxy) is 1. The van der Waals surface area contributed by atoms with Crippen LogP contribution in [0.2, 0.25) is 0 Å². The zero-order valence-corrected chi connectivity index (χ0v) is 18.3. The normalized spacial score (nSPS) is 15.5. The summed E-state index contributed by atoms with van der Waals surface area (Å²) < 4.78 is 6.69. The Morgan fingerprint density at radius 2 is 1.89 bits per heavy atom. The van der Waals surface area contributed by atoms with E-state index in [2.05, 4.69) is 35.0 Å². The number of halogens is 1. The molecule has 0 atom stereocenters. The minimum absolute atomic E-state index is 0.193. The summed E-state index contributed by atoms with van der Waals surface area (Å²) in [5, 5.41) is -0.193. The van der Waals surface area contributed by atoms with E-state index in [4.69, 9.17) is 4.74 Å². The third-order valence-electron chi connectivity index (χ3n) is 4.38. The first kappa shape index (κ1) is 20.7. The molecule has 28 heavy (non-hydrogen) atoms. The molecular formula is C22H22BrNO3S. The van der Waals surface area contributed by atoms with Crippen molar-refractivity contribution >= 4 is 44.9 Å². The van der Waals surface area contributed by atoms with Crippen molar-refractivity contribution in [3.05, 3.63) is 68.5 Å². The van der Waals surface area contributed by atoms with E-state index in [-0.39, 0.29) is 11.1 Å². The van der Waals surface area contributed by atoms with Crippen molar-refractivity contribution in [3.8, 4) is 5.75 Å². The van der Waals surface area contributed by atoms with Gasteiger partial charge < -0.3 is 4.74 Å². The Kier molecular flexibility index (Phi) is 6.97. The monoisotopic (exact) mass is 459 g/mol. The summed E-state index contributed by atoms with van der Waals surface area (Å²) >= 11 is 4.53. The number of thioether (sulfide) groups is 1. The number of benzene rings is 2. The Labute approximate surface area is 178 Å². The van der Waals surface area contributed by atoms with Crippen LogP contribution in [0.3, 0.4) is 0 Å². The van der Waals surface area contributed by atoms with E-state index in [1.807, 2.05) is 37.3 Å². The zero-order chi connectivity index (χ0) is 20.1. The van der Waals surface area contributed by atoms with Gasteiger partial charge in [0.15, 0.2) is 0 Å². The maximum Gasteiger partial charge on any atom is 0.293 e. The van der Waals surface area contributed by atoms with Gasteiger partial charge in [-0.25, -0.2) is 0 Å². The van der Waals surface area contributed by atoms with Crippen LogP contribution in [0.5, 0.6) is 5.75 Å². The van der Waals surface area contributed by atoms with Crippen LogP contribution in [0.1, 0.15) is 36.5 Å². The quantitative estimate of drug-likeness (QED) is 0.464. The summed E-state index contributed by atoms with van der Waals surface area (Å²) in [5.41, 5.74) is 3.16. The third kappa shape index (κ3) is 5.06. The number of rotatable bonds is 7. The van der Waals surface area contributed by atoms with Crippen molar-refractivity contribution in [2.24, 2.45) is 0 Å². The predicted molar refractivity (Wildman–Crippen MR) is 117 cm³/mol. The van der Waals surface area contributed by atoms with Crippen LogP contribution >= 0.6 is 27.7 Å². The highest BCUT2D eigenvalue weighted by atomic mass is 79.9. The smallest absolute Gasteiger partial charge is 0.293 e. The molecule has 1 aliphatic heterocycles. The molecule has 1 fully saturated rings. The molecule has 2 aromatic carbocycles. The number of imide groups is 1. The lowest BCUT2D eigenvalue weighted by Crippen LogP contribution is -2.29. The summed E-state index contributed by atoms with van der Waals surface area (Å²) in [4.78, 5) is 26.3. The van der Waals surface area contributed by atoms with Crippen LogP contribution in [0.25, 0.3) is 6.08 Å². The van der Waals surface area contributed by atoms with E-state index in [0.29, 0.717) is 18.1 Å². The van der Waals surface area contributed by atoms with Crippen molar-refractivity contribution in [2.75, 3.05) is 6.54 Å². The van der Waals surface area contributed by atoms with Crippen molar-refractivity contribution in [3.63, 3.8) is 0 Å². The maximum atomic E-state index is 12.4. The van der Waals surface area contributed by atoms with Crippen molar-refractivity contribution in [2.45, 2.75) is 33.3 Å². The zero-order valence-electron chi connectivity index (χ0n) is 15.9. The molecule has 1 saturated heterocycles. The molecule has 1 heterocycles. The molecule has 0 aromatic heterocycles. The fourth-order valence-electron chi connectivity index (χ4n) is 2.73. The number of aryl methyl sites for hydroxylation is 1. The number of hydrogen-bond donors (Lipinski definition) is 0. The van der Waals surface area contributed by atoms with Crippen LogP contribution in [-0.4, -0.2) is 22.6 Å². The first-order valence-corrected chi connectivity index (χ1v) is 10.8. The minimum Gasteiger partial charge on any atom is -0.488 e. The van der Waals surface area contributed by atoms with Crippen LogP contribution in [0, 0.1) is 6.92 Å². The molecule has 0 bridgehead atoms. The highest BCUT2D eigenvalue weighted by Gasteiger charge is 2.34. The third-order valence-corrected chi connectivity index (χ3v) is 5.90. The lowest BCUT2D eigenvalue weighted by atomic mass is 10.1. The van der Waals surface area contributed by atoms with Gasteiger partial charge in [0.25, 0.3) is 11.1 Å². The Morgan fingerprint density at radius 1 is 1.14 bits per heavy atom. The van der Waals surface area contributed by atoms with Crippen LogP contribution in [0.4, 0.5) is 4.79 Å². The summed E-state index contributed by atoms with van der Waals surface area (Å²) in [7, 11) is 0. The van der Waals surface area contributed by atoms with Crippen molar-refractivity contribution < 1.29 is 14.3 Å². The van der Waals surface area contributed by atoms with Crippen molar-refractivity contribution in [1.82, 2.24) is 4.90 Å². The molecule has 146 valence electrons. The maximum absolute atomic E-state index is 12.4. The van der Waals surface area contributed by atoms with E-state index in [1.54, 1.807) is 6.08 Å². The lowest BCUT2D eigenvalue weighted by Gasteiger charge is -2.11. The average Bonchev–Trinajstić information content (AvgIpc) is 2.94. The van der Waals surface area contributed by atoms with Gasteiger partial charge in [0.1, 0.15) is 12.4 Å². The average molecular weight is 460 g/mol. The van der Waals surface area contributed by atoms with Gasteiger partial charge in [0.05, 0.1) is 9.38 Å². The highest BCUT2D eigenvalue weighted by Crippen LogP contribution is 2.34. The molecule has 0 saturated carbocycles. The first-order chi connectivity index (χ1) is 13.5. The molecule has 0 unspecified atom stereocenters. The number of nitrogens with zero attached hydrogens (tertiary/aromatic N) is 1. The molecule has 2 amide bonds. The largest absolute Gasteiger partial charge is 0.488 e. The molecule has 4 nitrogen and oxygen atoms in total. The Hall–Kier alpha value is -2.05. The molecule has 6 heteroatoms. The number of carbonyl (C=O) groups is 2. The second kappa shape index (κ2) is 9.43. The van der Waals surface area contributed by atoms with Gasteiger partial charge in [-0.05, 0) is 70.4 Å². The predicted octanol–water partition coefficient (Wildman–Crippen LogP) is 6.17. The Balaban J connectivity index is 1.68. The molecule has 0 radical (unpaired) electrons. The summed E-state index contributed by atoms with van der Waals surface area (Å²) in [6, 6.07) is 13.9. The second-order valence-electron chi connectivity index (χ2n) is 6.65. The number of carbonyl (C=O) groups excluding carboxylic acids is 2.